The number of nitrogens with one attached hydrogen (secondary N) is 10. The number of carbonyl (C=O) groups is 4. The van der Waals surface area contributed by atoms with Gasteiger partial charge in [-0.25, -0.2) is 29.9 Å². The number of anilines is 13. The van der Waals surface area contributed by atoms with Crippen molar-refractivity contribution in [2.45, 2.75) is 118 Å². The summed E-state index contributed by atoms with van der Waals surface area (Å²) in [5, 5.41) is 34.0. The number of benzene rings is 5. The molecule has 0 fully saturated rings. The van der Waals surface area contributed by atoms with Crippen molar-refractivity contribution in [3.05, 3.63) is 379 Å². The van der Waals surface area contributed by atoms with Crippen LogP contribution >= 0.6 is 22.7 Å². The predicted molar refractivity (Wildman–Crippen MR) is 556 cm³/mol. The van der Waals surface area contributed by atoms with Crippen molar-refractivity contribution in [2.24, 2.45) is 0 Å². The fraction of sp³-hybridized carbons (Fsp3) is 0.174. The summed E-state index contributed by atoms with van der Waals surface area (Å²) in [6.07, 6.45) is 20.5. The summed E-state index contributed by atoms with van der Waals surface area (Å²) in [6.45, 7) is 18.7. The highest BCUT2D eigenvalue weighted by Gasteiger charge is 2.38. The monoisotopic (exact) mass is 1920 g/mol. The van der Waals surface area contributed by atoms with Crippen LogP contribution < -0.4 is 58.1 Å². The number of ether oxygens (including phenoxy) is 1. The highest BCUT2D eigenvalue weighted by molar-refractivity contribution is 7.14. The number of nitrogens with zero attached hydrogens (tertiary/aromatic N) is 12. The van der Waals surface area contributed by atoms with E-state index in [1.54, 1.807) is 48.9 Å². The Bertz CT molecular complexity index is 7700. The van der Waals surface area contributed by atoms with Gasteiger partial charge < -0.3 is 70.8 Å². The fourth-order valence-electron chi connectivity index (χ4n) is 18.4. The first-order valence-electron chi connectivity index (χ1n) is 46.4. The number of hydrogen-bond acceptors (Lipinski definition) is 23. The smallest absolute Gasteiger partial charge is 0.258 e. The van der Waals surface area contributed by atoms with Gasteiger partial charge in [-0.2, -0.15) is 0 Å². The highest BCUT2D eigenvalue weighted by Crippen LogP contribution is 2.44. The fourth-order valence-corrected chi connectivity index (χ4v) is 19.5. The van der Waals surface area contributed by atoms with Crippen molar-refractivity contribution in [2.75, 3.05) is 55.0 Å². The number of hydrogen-bond donors (Lipinski definition) is 10. The maximum atomic E-state index is 13.0. The Morgan fingerprint density at radius 3 is 1.20 bits per heavy atom. The summed E-state index contributed by atoms with van der Waals surface area (Å²) >= 11 is 3.14. The van der Waals surface area contributed by atoms with E-state index < -0.39 is 5.92 Å². The zero-order valence-corrected chi connectivity index (χ0v) is 80.7. The molecule has 5 aromatic carbocycles. The second-order valence-electron chi connectivity index (χ2n) is 36.1. The zero-order valence-electron chi connectivity index (χ0n) is 79.1. The highest BCUT2D eigenvalue weighted by atomic mass is 32.1. The number of thiazole rings is 1. The lowest BCUT2D eigenvalue weighted by atomic mass is 9.90. The van der Waals surface area contributed by atoms with Crippen LogP contribution in [0.2, 0.25) is 0 Å². The number of aromatic nitrogens is 13. The van der Waals surface area contributed by atoms with Gasteiger partial charge in [0.2, 0.25) is 29.5 Å². The van der Waals surface area contributed by atoms with E-state index in [0.717, 1.165) is 179 Å². The molecule has 4 aliphatic heterocycles. The molecule has 4 atom stereocenters. The molecule has 16 aromatic heterocycles. The average molecular weight is 1920 g/mol. The third-order valence-electron chi connectivity index (χ3n) is 25.5. The van der Waals surface area contributed by atoms with Crippen molar-refractivity contribution in [3.8, 4) is 17.0 Å². The van der Waals surface area contributed by atoms with Crippen molar-refractivity contribution in [1.29, 1.82) is 0 Å². The molecular weight excluding hydrogens is 1830 g/mol. The largest absolute Gasteiger partial charge is 0.497 e. The van der Waals surface area contributed by atoms with E-state index in [-0.39, 0.29) is 46.9 Å². The number of aromatic amines is 1. The molecule has 142 heavy (non-hydrogen) atoms. The molecule has 4 unspecified atom stereocenters. The van der Waals surface area contributed by atoms with E-state index in [1.807, 2.05) is 253 Å². The summed E-state index contributed by atoms with van der Waals surface area (Å²) in [6, 6.07) is 63.5. The lowest BCUT2D eigenvalue weighted by Gasteiger charge is -2.24. The molecule has 0 aliphatic carbocycles. The zero-order chi connectivity index (χ0) is 97.7. The molecular formula is C109H98N22O9S2. The van der Waals surface area contributed by atoms with E-state index in [1.165, 1.54) is 17.7 Å². The Balaban J connectivity index is 0.000000105. The number of methoxy groups -OCH3 is 1. The maximum Gasteiger partial charge on any atom is 0.258 e. The molecule has 20 heterocycles. The van der Waals surface area contributed by atoms with Crippen LogP contribution in [0.25, 0.3) is 50.4 Å². The SMILES string of the molecule is COc1ccc2cc(-c3nc4ccc(C)cn4c3NCc3ccco3)c(=O)[nH]c2c1.Cc1ccc2c(c1)NC(=O)C(c1nc3ccc(C)cn3c1Nc1ccco1)C2.Cc1ccc2c(c1)NC(=O)C(c1nc3ccc(C)cn3c1Nc1cccs1)C2.Cc1ccc2c(c1)NC(=O)C(c1nc3ccc(C)cn3c1Nc1cnco1)C2.Cc1ccc2c(c1)NC(=O)C(c1nc3ccc(C)cn3c1Nc1cncs1)C2. The summed E-state index contributed by atoms with van der Waals surface area (Å²) in [5.41, 5.74) is 28.4. The van der Waals surface area contributed by atoms with Crippen LogP contribution in [0.3, 0.4) is 0 Å². The number of rotatable bonds is 17. The molecule has 0 saturated carbocycles. The number of fused-ring (bicyclic) bond motifs is 10. The minimum atomic E-state index is -0.402. The first kappa shape index (κ1) is 91.0. The predicted octanol–water partition coefficient (Wildman–Crippen LogP) is 22.4. The molecule has 710 valence electrons. The normalized spacial score (nSPS) is 15.1. The Labute approximate surface area is 821 Å². The number of amides is 4. The van der Waals surface area contributed by atoms with Crippen LogP contribution in [0, 0.1) is 62.3 Å². The van der Waals surface area contributed by atoms with Crippen LogP contribution in [-0.2, 0) is 51.4 Å². The molecule has 0 spiro atoms. The van der Waals surface area contributed by atoms with Gasteiger partial charge in [0.25, 0.3) is 5.56 Å². The minimum absolute atomic E-state index is 0.00698. The van der Waals surface area contributed by atoms with Gasteiger partial charge >= 0.3 is 0 Å². The van der Waals surface area contributed by atoms with Gasteiger partial charge in [0.05, 0.1) is 107 Å². The maximum absolute atomic E-state index is 13.0. The van der Waals surface area contributed by atoms with Gasteiger partial charge in [-0.15, -0.1) is 22.7 Å². The van der Waals surface area contributed by atoms with E-state index in [2.05, 4.69) is 124 Å². The molecule has 4 aliphatic rings. The number of H-pyrrole nitrogens is 1. The van der Waals surface area contributed by atoms with E-state index >= 15 is 0 Å². The Kier molecular flexibility index (Phi) is 24.7. The van der Waals surface area contributed by atoms with Gasteiger partial charge in [-0.1, -0.05) is 78.9 Å². The topological polar surface area (TPSA) is 370 Å². The van der Waals surface area contributed by atoms with Crippen LogP contribution in [0.4, 0.5) is 73.6 Å². The van der Waals surface area contributed by atoms with Gasteiger partial charge in [-0.05, 0) is 274 Å². The summed E-state index contributed by atoms with van der Waals surface area (Å²) < 4.78 is 31.5. The Morgan fingerprint density at radius 1 is 0.387 bits per heavy atom. The number of thiophene rings is 1. The Hall–Kier alpha value is -17.5. The van der Waals surface area contributed by atoms with Crippen LogP contribution in [0.15, 0.2) is 285 Å². The summed E-state index contributed by atoms with van der Waals surface area (Å²) in [7, 11) is 1.60. The first-order valence-corrected chi connectivity index (χ1v) is 48.2. The average Bonchev–Trinajstić information content (AvgIpc) is 1.63. The first-order chi connectivity index (χ1) is 68.9. The van der Waals surface area contributed by atoms with E-state index in [0.29, 0.717) is 83.7 Å². The number of imidazole rings is 5. The summed E-state index contributed by atoms with van der Waals surface area (Å²) in [5.74, 6) is 4.87. The number of carbonyl (C=O) groups excluding carboxylic acids is 4. The molecule has 0 saturated heterocycles. The van der Waals surface area contributed by atoms with Crippen LogP contribution in [-0.4, -0.2) is 92.6 Å². The van der Waals surface area contributed by atoms with E-state index in [9.17, 15) is 24.0 Å². The molecule has 4 amide bonds. The second-order valence-corrected chi connectivity index (χ2v) is 37.9. The molecule has 21 aromatic rings. The second kappa shape index (κ2) is 38.5. The lowest BCUT2D eigenvalue weighted by molar-refractivity contribution is -0.118. The van der Waals surface area contributed by atoms with E-state index in [4.69, 9.17) is 42.9 Å². The van der Waals surface area contributed by atoms with Gasteiger partial charge in [0.1, 0.15) is 79.5 Å². The minimum Gasteiger partial charge on any atom is -0.497 e. The number of pyridine rings is 6. The molecule has 0 radical (unpaired) electrons. The number of oxazole rings is 1. The quantitative estimate of drug-likeness (QED) is 0.0405. The van der Waals surface area contributed by atoms with Crippen molar-refractivity contribution in [1.82, 2.24) is 61.9 Å². The van der Waals surface area contributed by atoms with Gasteiger partial charge in [0, 0.05) is 65.9 Å². The van der Waals surface area contributed by atoms with Crippen LogP contribution in [0.5, 0.6) is 5.75 Å². The third-order valence-corrected chi connectivity index (χ3v) is 27.0. The molecule has 10 N–H and O–H groups in total. The number of furan rings is 2. The molecule has 31 nitrogen and oxygen atoms in total. The van der Waals surface area contributed by atoms with Crippen LogP contribution in [0.1, 0.15) is 125 Å². The van der Waals surface area contributed by atoms with Crippen molar-refractivity contribution in [3.63, 3.8) is 0 Å². The lowest BCUT2D eigenvalue weighted by Crippen LogP contribution is -2.29. The molecule has 33 heteroatoms. The third kappa shape index (κ3) is 18.8. The molecule has 25 rings (SSSR count). The number of aryl methyl sites for hydroxylation is 9. The summed E-state index contributed by atoms with van der Waals surface area (Å²) in [4.78, 5) is 99.9. The standard InChI is InChI=1S/C23H20N4O3.C22H20N4O2.C22H20N4OS.C21H19N5O2.C21H19N5OS/c1-14-5-8-20-26-21(22(27(20)13-14)24-12-17-4-3-9-30-17)18-10-15-6-7-16(29-2)11-19(15)25-23(18)28;2*1-13-5-7-15-11-16(22(27)23-17(15)10-13)20-21(25-19-4-3-9-28-19)26-12-14(2)6-8-18(26)24-20;2*1-12-3-5-14-8-15(21(27)23-16(14)7-12)19-20(25-18-9-22-11-28-18)26-10-13(2)4-6-17(26)24-19/h3-11,13,24H,12H2,1-2H3,(H,25,28);2*3-10,12,16,25H,11H2,1-2H3,(H,23,27);2*3-7,9-11,15,25H,8H2,1-2H3,(H,23,27). The Morgan fingerprint density at radius 2 is 0.803 bits per heavy atom. The van der Waals surface area contributed by atoms with Crippen molar-refractivity contribution >= 4 is 159 Å². The van der Waals surface area contributed by atoms with Gasteiger partial charge in [0.15, 0.2) is 12.3 Å². The molecule has 0 bridgehead atoms. The van der Waals surface area contributed by atoms with Gasteiger partial charge in [-0.3, -0.25) is 51.0 Å². The van der Waals surface area contributed by atoms with Crippen molar-refractivity contribution < 1.29 is 37.2 Å².